The number of amides is 1. The molecule has 1 aromatic rings. The van der Waals surface area contributed by atoms with Crippen molar-refractivity contribution >= 4 is 5.91 Å². The van der Waals surface area contributed by atoms with Crippen molar-refractivity contribution in [2.24, 2.45) is 5.92 Å². The lowest BCUT2D eigenvalue weighted by Gasteiger charge is -2.42. The summed E-state index contributed by atoms with van der Waals surface area (Å²) >= 11 is 0. The summed E-state index contributed by atoms with van der Waals surface area (Å²) in [6.07, 6.45) is 10.7. The summed E-state index contributed by atoms with van der Waals surface area (Å²) < 4.78 is 2.20. The molecule has 2 fully saturated rings. The van der Waals surface area contributed by atoms with E-state index >= 15 is 0 Å². The molecule has 0 saturated carbocycles. The number of likely N-dealkylation sites (tertiary alicyclic amines) is 2. The maximum atomic E-state index is 11.4. The van der Waals surface area contributed by atoms with Gasteiger partial charge in [-0.15, -0.1) is 0 Å². The molecular weight excluding hydrogens is 264 g/mol. The van der Waals surface area contributed by atoms with Gasteiger partial charge in [-0.3, -0.25) is 9.69 Å². The number of carbonyl (C=O) groups is 1. The summed E-state index contributed by atoms with van der Waals surface area (Å²) in [6.45, 7) is 7.06. The van der Waals surface area contributed by atoms with E-state index in [9.17, 15) is 4.79 Å². The summed E-state index contributed by atoms with van der Waals surface area (Å²) in [5.41, 5.74) is 0. The van der Waals surface area contributed by atoms with Gasteiger partial charge in [-0.2, -0.15) is 0 Å². The van der Waals surface area contributed by atoms with Gasteiger partial charge in [-0.25, -0.2) is 4.98 Å². The Morgan fingerprint density at radius 2 is 2.05 bits per heavy atom. The first-order valence-electron chi connectivity index (χ1n) is 8.17. The fraction of sp³-hybridized carbons (Fsp3) is 0.750. The lowest BCUT2D eigenvalue weighted by atomic mass is 9.93. The molecule has 116 valence electrons. The summed E-state index contributed by atoms with van der Waals surface area (Å²) in [6, 6.07) is 0.672. The highest BCUT2D eigenvalue weighted by molar-refractivity contribution is 5.73. The third kappa shape index (κ3) is 3.64. The molecule has 3 rings (SSSR count). The Morgan fingerprint density at radius 1 is 1.24 bits per heavy atom. The Kier molecular flexibility index (Phi) is 4.58. The van der Waals surface area contributed by atoms with Gasteiger partial charge in [-0.1, -0.05) is 0 Å². The molecule has 0 radical (unpaired) electrons. The van der Waals surface area contributed by atoms with E-state index < -0.39 is 0 Å². The number of rotatable bonds is 3. The van der Waals surface area contributed by atoms with Gasteiger partial charge in [0.05, 0.1) is 6.33 Å². The molecule has 0 aromatic carbocycles. The van der Waals surface area contributed by atoms with Crippen LogP contribution in [0.25, 0.3) is 0 Å². The lowest BCUT2D eigenvalue weighted by molar-refractivity contribution is -0.130. The van der Waals surface area contributed by atoms with Gasteiger partial charge in [0, 0.05) is 51.5 Å². The third-order valence-electron chi connectivity index (χ3n) is 5.00. The van der Waals surface area contributed by atoms with Crippen molar-refractivity contribution in [2.45, 2.75) is 45.2 Å². The van der Waals surface area contributed by atoms with Gasteiger partial charge >= 0.3 is 0 Å². The predicted molar refractivity (Wildman–Crippen MR) is 81.8 cm³/mol. The highest BCUT2D eigenvalue weighted by atomic mass is 16.2. The number of piperidine rings is 2. The molecule has 21 heavy (non-hydrogen) atoms. The Hall–Kier alpha value is -1.36. The van der Waals surface area contributed by atoms with Crippen LogP contribution in [0.15, 0.2) is 18.7 Å². The Morgan fingerprint density at radius 3 is 2.71 bits per heavy atom. The maximum absolute atomic E-state index is 11.4. The summed E-state index contributed by atoms with van der Waals surface area (Å²) in [4.78, 5) is 20.2. The van der Waals surface area contributed by atoms with Crippen molar-refractivity contribution in [2.75, 3.05) is 26.2 Å². The second-order valence-corrected chi connectivity index (χ2v) is 6.50. The van der Waals surface area contributed by atoms with E-state index in [1.54, 1.807) is 6.92 Å². The molecule has 1 aromatic heterocycles. The van der Waals surface area contributed by atoms with Crippen LogP contribution in [0.1, 0.15) is 32.6 Å². The van der Waals surface area contributed by atoms with Gasteiger partial charge in [-0.05, 0) is 38.1 Å². The molecule has 5 heteroatoms. The van der Waals surface area contributed by atoms with E-state index in [1.807, 2.05) is 17.4 Å². The van der Waals surface area contributed by atoms with Gasteiger partial charge in [0.15, 0.2) is 0 Å². The zero-order chi connectivity index (χ0) is 14.7. The SMILES string of the molecule is CC(=O)N1CCC(N2CCCC(Cn3ccnc3)C2)CC1. The zero-order valence-electron chi connectivity index (χ0n) is 12.9. The largest absolute Gasteiger partial charge is 0.343 e. The zero-order valence-corrected chi connectivity index (χ0v) is 12.9. The van der Waals surface area contributed by atoms with E-state index in [0.29, 0.717) is 6.04 Å². The molecular formula is C16H26N4O. The highest BCUT2D eigenvalue weighted by Crippen LogP contribution is 2.24. The number of hydrogen-bond donors (Lipinski definition) is 0. The number of imidazole rings is 1. The molecule has 1 amide bonds. The summed E-state index contributed by atoms with van der Waals surface area (Å²) in [7, 11) is 0. The second kappa shape index (κ2) is 6.60. The average molecular weight is 290 g/mol. The number of nitrogens with zero attached hydrogens (tertiary/aromatic N) is 4. The smallest absolute Gasteiger partial charge is 0.219 e. The van der Waals surface area contributed by atoms with Gasteiger partial charge < -0.3 is 9.47 Å². The number of carbonyl (C=O) groups excluding carboxylic acids is 1. The van der Waals surface area contributed by atoms with Crippen molar-refractivity contribution in [1.82, 2.24) is 19.4 Å². The molecule has 0 aliphatic carbocycles. The molecule has 0 N–H and O–H groups in total. The van der Waals surface area contributed by atoms with Gasteiger partial charge in [0.25, 0.3) is 0 Å². The van der Waals surface area contributed by atoms with Crippen LogP contribution in [0.3, 0.4) is 0 Å². The normalized spacial score (nSPS) is 25.2. The lowest BCUT2D eigenvalue weighted by Crippen LogP contribution is -2.49. The molecule has 1 unspecified atom stereocenters. The summed E-state index contributed by atoms with van der Waals surface area (Å²) in [5.74, 6) is 0.962. The van der Waals surface area contributed by atoms with Crippen LogP contribution < -0.4 is 0 Å². The molecule has 0 spiro atoms. The maximum Gasteiger partial charge on any atom is 0.219 e. The molecule has 2 aliphatic heterocycles. The summed E-state index contributed by atoms with van der Waals surface area (Å²) in [5, 5.41) is 0. The highest BCUT2D eigenvalue weighted by Gasteiger charge is 2.29. The van der Waals surface area contributed by atoms with E-state index in [1.165, 1.54) is 25.9 Å². The van der Waals surface area contributed by atoms with Crippen molar-refractivity contribution in [3.8, 4) is 0 Å². The first-order chi connectivity index (χ1) is 10.2. The van der Waals surface area contributed by atoms with Crippen LogP contribution in [-0.2, 0) is 11.3 Å². The van der Waals surface area contributed by atoms with E-state index in [4.69, 9.17) is 0 Å². The number of hydrogen-bond acceptors (Lipinski definition) is 3. The second-order valence-electron chi connectivity index (χ2n) is 6.50. The average Bonchev–Trinajstić information content (AvgIpc) is 3.00. The van der Waals surface area contributed by atoms with E-state index in [0.717, 1.165) is 38.4 Å². The van der Waals surface area contributed by atoms with Crippen LogP contribution >= 0.6 is 0 Å². The molecule has 3 heterocycles. The third-order valence-corrected chi connectivity index (χ3v) is 5.00. The van der Waals surface area contributed by atoms with E-state index in [2.05, 4.69) is 20.6 Å². The fourth-order valence-electron chi connectivity index (χ4n) is 3.82. The fourth-order valence-corrected chi connectivity index (χ4v) is 3.82. The van der Waals surface area contributed by atoms with Crippen LogP contribution in [0.5, 0.6) is 0 Å². The monoisotopic (exact) mass is 290 g/mol. The van der Waals surface area contributed by atoms with Crippen LogP contribution in [0.2, 0.25) is 0 Å². The Labute approximate surface area is 126 Å². The van der Waals surface area contributed by atoms with Crippen molar-refractivity contribution in [3.63, 3.8) is 0 Å². The van der Waals surface area contributed by atoms with Gasteiger partial charge in [0.2, 0.25) is 5.91 Å². The topological polar surface area (TPSA) is 41.4 Å². The molecule has 2 aliphatic rings. The van der Waals surface area contributed by atoms with Crippen LogP contribution in [0, 0.1) is 5.92 Å². The van der Waals surface area contributed by atoms with Crippen LogP contribution in [0.4, 0.5) is 0 Å². The predicted octanol–water partition coefficient (Wildman–Crippen LogP) is 1.61. The Balaban J connectivity index is 1.51. The van der Waals surface area contributed by atoms with Crippen molar-refractivity contribution in [3.05, 3.63) is 18.7 Å². The van der Waals surface area contributed by atoms with Crippen molar-refractivity contribution < 1.29 is 4.79 Å². The minimum Gasteiger partial charge on any atom is -0.343 e. The molecule has 5 nitrogen and oxygen atoms in total. The molecule has 0 bridgehead atoms. The van der Waals surface area contributed by atoms with Crippen molar-refractivity contribution in [1.29, 1.82) is 0 Å². The standard InChI is InChI=1S/C16H26N4O/c1-14(21)19-8-4-16(5-9-19)20-7-2-3-15(12-20)11-18-10-6-17-13-18/h6,10,13,15-16H,2-5,7-9,11-12H2,1H3. The minimum absolute atomic E-state index is 0.227. The van der Waals surface area contributed by atoms with Gasteiger partial charge in [0.1, 0.15) is 0 Å². The quantitative estimate of drug-likeness (QED) is 0.849. The Bertz CT molecular complexity index is 451. The molecule has 1 atom stereocenters. The van der Waals surface area contributed by atoms with E-state index in [-0.39, 0.29) is 5.91 Å². The first-order valence-corrected chi connectivity index (χ1v) is 8.17. The molecule has 2 saturated heterocycles. The first kappa shape index (κ1) is 14.6. The minimum atomic E-state index is 0.227. The number of aromatic nitrogens is 2. The van der Waals surface area contributed by atoms with Crippen LogP contribution in [-0.4, -0.2) is 57.5 Å².